The van der Waals surface area contributed by atoms with Crippen molar-refractivity contribution >= 4 is 29.4 Å². The first kappa shape index (κ1) is 36.1. The number of carboxylic acid groups (broad SMARTS) is 1. The fourth-order valence-corrected chi connectivity index (χ4v) is 5.30. The van der Waals surface area contributed by atoms with E-state index >= 15 is 0 Å². The Kier molecular flexibility index (Phi) is 13.2. The Morgan fingerprint density at radius 1 is 0.755 bits per heavy atom. The molecule has 0 radical (unpaired) electrons. The van der Waals surface area contributed by atoms with Crippen molar-refractivity contribution in [2.24, 2.45) is 11.7 Å². The van der Waals surface area contributed by atoms with E-state index in [1.165, 1.54) is 0 Å². The number of nitrogens with zero attached hydrogens (tertiary/aromatic N) is 1. The Labute approximate surface area is 286 Å². The van der Waals surface area contributed by atoms with Crippen LogP contribution in [-0.2, 0) is 38.4 Å². The SMILES string of the molecule is C=C(CCC(=O)Nc1ccc(C[C@H](C)C(=O)O)cc1)N[C@H](CCc1ccccc1)C(=O)N[C@@H](Cc1ccc(-c2ccncc2)cc1)C(N)=O. The Morgan fingerprint density at radius 2 is 1.37 bits per heavy atom. The molecular formula is C39H43N5O5. The van der Waals surface area contributed by atoms with Crippen molar-refractivity contribution in [3.05, 3.63) is 132 Å². The largest absolute Gasteiger partial charge is 0.481 e. The van der Waals surface area contributed by atoms with E-state index in [4.69, 9.17) is 10.8 Å². The van der Waals surface area contributed by atoms with E-state index in [2.05, 4.69) is 27.5 Å². The third-order valence-corrected chi connectivity index (χ3v) is 8.18. The molecule has 0 saturated heterocycles. The number of hydrogen-bond acceptors (Lipinski definition) is 6. The number of nitrogens with two attached hydrogens (primary N) is 1. The molecule has 0 aliphatic carbocycles. The summed E-state index contributed by atoms with van der Waals surface area (Å²) < 4.78 is 0. The monoisotopic (exact) mass is 661 g/mol. The van der Waals surface area contributed by atoms with Crippen molar-refractivity contribution in [3.63, 3.8) is 0 Å². The Balaban J connectivity index is 1.34. The highest BCUT2D eigenvalue weighted by Gasteiger charge is 2.25. The van der Waals surface area contributed by atoms with Gasteiger partial charge in [-0.25, -0.2) is 0 Å². The summed E-state index contributed by atoms with van der Waals surface area (Å²) >= 11 is 0. The first-order valence-corrected chi connectivity index (χ1v) is 16.3. The highest BCUT2D eigenvalue weighted by Crippen LogP contribution is 2.20. The van der Waals surface area contributed by atoms with Gasteiger partial charge in [-0.1, -0.05) is 80.2 Å². The number of hydrogen-bond donors (Lipinski definition) is 5. The van der Waals surface area contributed by atoms with Gasteiger partial charge < -0.3 is 26.8 Å². The van der Waals surface area contributed by atoms with Crippen LogP contribution in [0.3, 0.4) is 0 Å². The molecule has 1 aromatic heterocycles. The minimum atomic E-state index is -0.932. The van der Waals surface area contributed by atoms with Crippen LogP contribution in [0.25, 0.3) is 11.1 Å². The summed E-state index contributed by atoms with van der Waals surface area (Å²) in [4.78, 5) is 54.0. The number of primary amides is 1. The molecule has 4 aromatic rings. The number of benzene rings is 3. The molecule has 0 saturated carbocycles. The lowest BCUT2D eigenvalue weighted by Gasteiger charge is -2.24. The molecule has 0 aliphatic rings. The quantitative estimate of drug-likeness (QED) is 0.0997. The minimum absolute atomic E-state index is 0.121. The molecule has 1 heterocycles. The van der Waals surface area contributed by atoms with Gasteiger partial charge in [0.1, 0.15) is 12.1 Å². The van der Waals surface area contributed by atoms with Crippen LogP contribution in [0.5, 0.6) is 0 Å². The number of amides is 3. The molecule has 254 valence electrons. The molecule has 3 aromatic carbocycles. The van der Waals surface area contributed by atoms with Gasteiger partial charge >= 0.3 is 5.97 Å². The summed E-state index contributed by atoms with van der Waals surface area (Å²) in [6, 6.07) is 26.7. The van der Waals surface area contributed by atoms with E-state index in [1.54, 1.807) is 43.6 Å². The van der Waals surface area contributed by atoms with Gasteiger partial charge in [0.2, 0.25) is 17.7 Å². The maximum absolute atomic E-state index is 13.6. The molecule has 3 atom stereocenters. The van der Waals surface area contributed by atoms with Crippen molar-refractivity contribution < 1.29 is 24.3 Å². The lowest BCUT2D eigenvalue weighted by Crippen LogP contribution is -2.52. The minimum Gasteiger partial charge on any atom is -0.481 e. The number of allylic oxidation sites excluding steroid dienone is 1. The molecule has 4 rings (SSSR count). The van der Waals surface area contributed by atoms with E-state index in [9.17, 15) is 19.2 Å². The van der Waals surface area contributed by atoms with Crippen molar-refractivity contribution in [3.8, 4) is 11.1 Å². The van der Waals surface area contributed by atoms with E-state index < -0.39 is 35.8 Å². The van der Waals surface area contributed by atoms with Crippen LogP contribution in [0.15, 0.2) is 116 Å². The van der Waals surface area contributed by atoms with Crippen molar-refractivity contribution in [2.45, 2.75) is 57.5 Å². The molecule has 3 amide bonds. The van der Waals surface area contributed by atoms with Gasteiger partial charge in [0.25, 0.3) is 0 Å². The van der Waals surface area contributed by atoms with Crippen LogP contribution in [0.4, 0.5) is 5.69 Å². The zero-order valence-electron chi connectivity index (χ0n) is 27.6. The molecule has 49 heavy (non-hydrogen) atoms. The second-order valence-electron chi connectivity index (χ2n) is 12.1. The van der Waals surface area contributed by atoms with E-state index in [-0.39, 0.29) is 25.2 Å². The van der Waals surface area contributed by atoms with Gasteiger partial charge in [0.15, 0.2) is 0 Å². The molecule has 10 nitrogen and oxygen atoms in total. The normalized spacial score (nSPS) is 12.6. The summed E-state index contributed by atoms with van der Waals surface area (Å²) in [5, 5.41) is 18.0. The van der Waals surface area contributed by atoms with Crippen LogP contribution in [0, 0.1) is 5.92 Å². The molecule has 6 N–H and O–H groups in total. The average molecular weight is 662 g/mol. The van der Waals surface area contributed by atoms with E-state index in [0.717, 1.165) is 27.8 Å². The predicted octanol–water partition coefficient (Wildman–Crippen LogP) is 5.05. The number of aliphatic carboxylic acids is 1. The van der Waals surface area contributed by atoms with Gasteiger partial charge in [-0.3, -0.25) is 24.2 Å². The Bertz CT molecular complexity index is 1710. The van der Waals surface area contributed by atoms with Gasteiger partial charge in [-0.15, -0.1) is 0 Å². The number of carbonyl (C=O) groups is 4. The number of anilines is 1. The van der Waals surface area contributed by atoms with Crippen LogP contribution < -0.4 is 21.7 Å². The third-order valence-electron chi connectivity index (χ3n) is 8.18. The maximum Gasteiger partial charge on any atom is 0.306 e. The number of pyridine rings is 1. The fourth-order valence-electron chi connectivity index (χ4n) is 5.30. The molecular weight excluding hydrogens is 618 g/mol. The molecule has 0 unspecified atom stereocenters. The Hall–Kier alpha value is -5.77. The summed E-state index contributed by atoms with van der Waals surface area (Å²) in [5.74, 6) is -2.63. The molecule has 0 bridgehead atoms. The standard InChI is InChI=1S/C39H43N5O5/c1-26(39(48)49)24-29-11-16-33(17-12-29)43-36(45)19-8-27(2)42-34(18-13-28-6-4-3-5-7-28)38(47)44-35(37(40)46)25-30-9-14-31(15-10-30)32-20-22-41-23-21-32/h3-7,9-12,14-17,20-23,26,34-35,42H,2,8,13,18-19,24-25H2,1H3,(H2,40,46)(H,43,45)(H,44,47)(H,48,49)/t26-,34+,35-/m0/s1. The van der Waals surface area contributed by atoms with Gasteiger partial charge in [0.05, 0.1) is 5.92 Å². The second-order valence-corrected chi connectivity index (χ2v) is 12.1. The van der Waals surface area contributed by atoms with Crippen LogP contribution >= 0.6 is 0 Å². The third kappa shape index (κ3) is 11.8. The summed E-state index contributed by atoms with van der Waals surface area (Å²) in [6.07, 6.45) is 5.48. The lowest BCUT2D eigenvalue weighted by atomic mass is 10.00. The zero-order valence-corrected chi connectivity index (χ0v) is 27.6. The first-order chi connectivity index (χ1) is 23.6. The lowest BCUT2D eigenvalue weighted by molar-refractivity contribution is -0.141. The van der Waals surface area contributed by atoms with E-state index in [0.29, 0.717) is 30.6 Å². The maximum atomic E-state index is 13.6. The highest BCUT2D eigenvalue weighted by molar-refractivity contribution is 5.91. The van der Waals surface area contributed by atoms with E-state index in [1.807, 2.05) is 66.7 Å². The van der Waals surface area contributed by atoms with Crippen LogP contribution in [-0.4, -0.2) is 45.9 Å². The Morgan fingerprint density at radius 3 is 2.00 bits per heavy atom. The van der Waals surface area contributed by atoms with Crippen molar-refractivity contribution in [1.82, 2.24) is 15.6 Å². The second kappa shape index (κ2) is 18.0. The summed E-state index contributed by atoms with van der Waals surface area (Å²) in [5.41, 5.74) is 11.6. The molecule has 10 heteroatoms. The number of aryl methyl sites for hydroxylation is 1. The van der Waals surface area contributed by atoms with Gasteiger partial charge in [-0.05, 0) is 77.8 Å². The topological polar surface area (TPSA) is 164 Å². The van der Waals surface area contributed by atoms with Crippen molar-refractivity contribution in [2.75, 3.05) is 5.32 Å². The fraction of sp³-hybridized carbons (Fsp3) is 0.256. The van der Waals surface area contributed by atoms with Gasteiger partial charge in [0, 0.05) is 36.6 Å². The number of carbonyl (C=O) groups excluding carboxylic acids is 3. The number of nitrogens with one attached hydrogen (secondary N) is 3. The van der Waals surface area contributed by atoms with Gasteiger partial charge in [-0.2, -0.15) is 0 Å². The molecule has 0 aliphatic heterocycles. The number of aromatic nitrogens is 1. The number of carboxylic acids is 1. The van der Waals surface area contributed by atoms with Crippen LogP contribution in [0.2, 0.25) is 0 Å². The zero-order chi connectivity index (χ0) is 35.2. The molecule has 0 spiro atoms. The first-order valence-electron chi connectivity index (χ1n) is 16.3. The highest BCUT2D eigenvalue weighted by atomic mass is 16.4. The average Bonchev–Trinajstić information content (AvgIpc) is 3.10. The van der Waals surface area contributed by atoms with Crippen LogP contribution in [0.1, 0.15) is 42.9 Å². The predicted molar refractivity (Wildman–Crippen MR) is 190 cm³/mol. The summed E-state index contributed by atoms with van der Waals surface area (Å²) in [7, 11) is 0. The number of rotatable bonds is 18. The summed E-state index contributed by atoms with van der Waals surface area (Å²) in [6.45, 7) is 5.71. The molecule has 0 fully saturated rings. The van der Waals surface area contributed by atoms with Crippen molar-refractivity contribution in [1.29, 1.82) is 0 Å². The smallest absolute Gasteiger partial charge is 0.306 e.